The molecule has 1 aliphatic carbocycles. The van der Waals surface area contributed by atoms with E-state index in [0.717, 1.165) is 37.7 Å². The Balaban J connectivity index is 1.81. The third kappa shape index (κ3) is 10.6. The second kappa shape index (κ2) is 15.9. The van der Waals surface area contributed by atoms with Gasteiger partial charge in [0.1, 0.15) is 12.6 Å². The van der Waals surface area contributed by atoms with Gasteiger partial charge in [0.15, 0.2) is 0 Å². The molecular weight excluding hydrogens is 614 g/mol. The molecule has 1 heterocycles. The van der Waals surface area contributed by atoms with Crippen LogP contribution in [0.25, 0.3) is 0 Å². The molecule has 0 radical (unpaired) electrons. The molecule has 0 spiro atoms. The molecule has 0 aromatic heterocycles. The molecule has 246 valence electrons. The summed E-state index contributed by atoms with van der Waals surface area (Å²) in [5, 5.41) is 8.41. The lowest BCUT2D eigenvalue weighted by Crippen LogP contribution is -2.56. The summed E-state index contributed by atoms with van der Waals surface area (Å²) < 4.78 is 45.3. The van der Waals surface area contributed by atoms with Gasteiger partial charge >= 0.3 is 22.2 Å². The summed E-state index contributed by atoms with van der Waals surface area (Å²) in [5.74, 6) is -2.56. The van der Waals surface area contributed by atoms with Gasteiger partial charge in [-0.2, -0.15) is 8.42 Å². The van der Waals surface area contributed by atoms with Gasteiger partial charge in [0.25, 0.3) is 0 Å². The fraction of sp³-hybridized carbons (Fsp3) is 0.667. The second-order valence-corrected chi connectivity index (χ2v) is 14.2. The normalized spacial score (nSPS) is 19.8. The monoisotopic (exact) mass is 657 g/mol. The van der Waals surface area contributed by atoms with Gasteiger partial charge in [0, 0.05) is 29.3 Å². The van der Waals surface area contributed by atoms with Crippen LogP contribution in [0.4, 0.5) is 4.79 Å². The zero-order chi connectivity index (χ0) is 32.5. The van der Waals surface area contributed by atoms with E-state index in [4.69, 9.17) is 21.1 Å². The van der Waals surface area contributed by atoms with Crippen molar-refractivity contribution in [2.24, 2.45) is 11.8 Å². The molecule has 4 atom stereocenters. The molecule has 0 bridgehead atoms. The maximum Gasteiger partial charge on any atom is 0.407 e. The third-order valence-electron chi connectivity index (χ3n) is 8.26. The van der Waals surface area contributed by atoms with Crippen LogP contribution < -0.4 is 16.0 Å². The van der Waals surface area contributed by atoms with Crippen molar-refractivity contribution < 1.29 is 41.6 Å². The maximum absolute atomic E-state index is 13.8. The standard InChI is InChI=1S/C30H44ClN3O9S/c1-4-25(35)43-28(44(39,40)41)24(16-20-13-14-32-26(20)36)33-27(37)23(15-19-9-6-5-7-10-19)34-29(38)42-18-30(2,3)21-11-8-12-22(31)17-21/h8,11-12,17,19-20,23-24,28H,4-7,9-10,13-16,18H2,1-3H3,(H,32,36)(H,33,37)(H,34,38)(H,39,40,41)/t20-,23-,24-,28?/m0/s1. The summed E-state index contributed by atoms with van der Waals surface area (Å²) in [6, 6.07) is 4.61. The number of halogens is 1. The van der Waals surface area contributed by atoms with Crippen molar-refractivity contribution in [1.82, 2.24) is 16.0 Å². The Morgan fingerprint density at radius 3 is 2.41 bits per heavy atom. The lowest BCUT2D eigenvalue weighted by Gasteiger charge is -2.31. The molecule has 1 aromatic rings. The van der Waals surface area contributed by atoms with Gasteiger partial charge in [-0.3, -0.25) is 18.9 Å². The van der Waals surface area contributed by atoms with E-state index in [1.165, 1.54) is 6.92 Å². The van der Waals surface area contributed by atoms with Crippen LogP contribution in [0.5, 0.6) is 0 Å². The number of carbonyl (C=O) groups excluding carboxylic acids is 4. The van der Waals surface area contributed by atoms with Crippen molar-refractivity contribution >= 4 is 45.6 Å². The fourth-order valence-corrected chi connectivity index (χ4v) is 6.69. The first-order chi connectivity index (χ1) is 20.7. The van der Waals surface area contributed by atoms with Crippen LogP contribution in [0.2, 0.25) is 5.02 Å². The number of alkyl carbamates (subject to hydrolysis) is 1. The van der Waals surface area contributed by atoms with Crippen molar-refractivity contribution in [3.8, 4) is 0 Å². The minimum atomic E-state index is -5.02. The predicted octanol–water partition coefficient (Wildman–Crippen LogP) is 3.86. The summed E-state index contributed by atoms with van der Waals surface area (Å²) in [5.41, 5.74) is -1.89. The van der Waals surface area contributed by atoms with Crippen LogP contribution in [0.3, 0.4) is 0 Å². The van der Waals surface area contributed by atoms with Gasteiger partial charge in [-0.15, -0.1) is 0 Å². The molecule has 14 heteroatoms. The minimum absolute atomic E-state index is 0.0197. The maximum atomic E-state index is 13.8. The van der Waals surface area contributed by atoms with E-state index < -0.39 is 56.9 Å². The summed E-state index contributed by atoms with van der Waals surface area (Å²) >= 11 is 6.13. The van der Waals surface area contributed by atoms with Crippen molar-refractivity contribution in [3.63, 3.8) is 0 Å². The SMILES string of the molecule is CCC(=O)OC([C@H](C[C@@H]1CCNC1=O)NC(=O)[C@H](CC1CCCCC1)NC(=O)OCC(C)(C)c1cccc(Cl)c1)S(=O)(=O)O. The van der Waals surface area contributed by atoms with Crippen molar-refractivity contribution in [1.29, 1.82) is 0 Å². The van der Waals surface area contributed by atoms with Crippen LogP contribution in [0.1, 0.15) is 84.1 Å². The summed E-state index contributed by atoms with van der Waals surface area (Å²) in [7, 11) is -5.02. The third-order valence-corrected chi connectivity index (χ3v) is 9.51. The van der Waals surface area contributed by atoms with Crippen molar-refractivity contribution in [2.45, 2.75) is 101 Å². The Bertz CT molecular complexity index is 1280. The van der Waals surface area contributed by atoms with Crippen LogP contribution in [0.15, 0.2) is 24.3 Å². The van der Waals surface area contributed by atoms with Gasteiger partial charge in [-0.1, -0.05) is 76.6 Å². The van der Waals surface area contributed by atoms with Crippen LogP contribution >= 0.6 is 11.6 Å². The highest BCUT2D eigenvalue weighted by Crippen LogP contribution is 2.29. The highest BCUT2D eigenvalue weighted by atomic mass is 35.5. The van der Waals surface area contributed by atoms with Gasteiger partial charge < -0.3 is 25.4 Å². The molecule has 44 heavy (non-hydrogen) atoms. The highest BCUT2D eigenvalue weighted by molar-refractivity contribution is 7.86. The number of amides is 3. The summed E-state index contributed by atoms with van der Waals surface area (Å²) in [4.78, 5) is 51.2. The Morgan fingerprint density at radius 2 is 1.82 bits per heavy atom. The molecule has 3 amide bonds. The number of benzene rings is 1. The zero-order valence-corrected chi connectivity index (χ0v) is 27.0. The molecule has 1 aliphatic heterocycles. The smallest absolute Gasteiger partial charge is 0.407 e. The lowest BCUT2D eigenvalue weighted by molar-refractivity contribution is -0.147. The molecular formula is C30H44ClN3O9S. The van der Waals surface area contributed by atoms with E-state index in [2.05, 4.69) is 16.0 Å². The number of nitrogens with one attached hydrogen (secondary N) is 3. The number of hydrogen-bond acceptors (Lipinski definition) is 8. The topological polar surface area (TPSA) is 177 Å². The van der Waals surface area contributed by atoms with Crippen LogP contribution in [-0.4, -0.2) is 67.5 Å². The van der Waals surface area contributed by atoms with Crippen LogP contribution in [-0.2, 0) is 39.4 Å². The van der Waals surface area contributed by atoms with Crippen LogP contribution in [0, 0.1) is 11.8 Å². The number of rotatable bonds is 14. The summed E-state index contributed by atoms with van der Waals surface area (Å²) in [6.07, 6.45) is 4.14. The average Bonchev–Trinajstić information content (AvgIpc) is 3.37. The summed E-state index contributed by atoms with van der Waals surface area (Å²) in [6.45, 7) is 5.56. The van der Waals surface area contributed by atoms with E-state index in [-0.39, 0.29) is 37.7 Å². The van der Waals surface area contributed by atoms with Crippen molar-refractivity contribution in [3.05, 3.63) is 34.9 Å². The highest BCUT2D eigenvalue weighted by Gasteiger charge is 2.41. The van der Waals surface area contributed by atoms with E-state index in [1.54, 1.807) is 18.2 Å². The number of ether oxygens (including phenoxy) is 2. The largest absolute Gasteiger partial charge is 0.449 e. The van der Waals surface area contributed by atoms with Gasteiger partial charge in [0.05, 0.1) is 6.04 Å². The first kappa shape index (κ1) is 35.6. The first-order valence-electron chi connectivity index (χ1n) is 15.1. The van der Waals surface area contributed by atoms with E-state index >= 15 is 0 Å². The Morgan fingerprint density at radius 1 is 1.11 bits per heavy atom. The molecule has 1 saturated heterocycles. The Kier molecular flexibility index (Phi) is 12.9. The number of esters is 1. The molecule has 12 nitrogen and oxygen atoms in total. The predicted molar refractivity (Wildman–Crippen MR) is 163 cm³/mol. The van der Waals surface area contributed by atoms with Gasteiger partial charge in [0.2, 0.25) is 17.3 Å². The molecule has 1 aromatic carbocycles. The number of carbonyl (C=O) groups is 4. The molecule has 2 aliphatic rings. The Hall–Kier alpha value is -2.90. The average molecular weight is 658 g/mol. The van der Waals surface area contributed by atoms with E-state index in [1.807, 2.05) is 19.9 Å². The Labute approximate surface area is 264 Å². The van der Waals surface area contributed by atoms with E-state index in [9.17, 15) is 32.1 Å². The second-order valence-electron chi connectivity index (χ2n) is 12.3. The van der Waals surface area contributed by atoms with Crippen molar-refractivity contribution in [2.75, 3.05) is 13.2 Å². The minimum Gasteiger partial charge on any atom is -0.449 e. The fourth-order valence-electron chi connectivity index (χ4n) is 5.67. The zero-order valence-electron chi connectivity index (χ0n) is 25.5. The van der Waals surface area contributed by atoms with E-state index in [0.29, 0.717) is 18.0 Å². The quantitative estimate of drug-likeness (QED) is 0.171. The molecule has 1 unspecified atom stereocenters. The lowest BCUT2D eigenvalue weighted by atomic mass is 9.84. The molecule has 3 rings (SSSR count). The first-order valence-corrected chi connectivity index (χ1v) is 17.0. The number of hydrogen-bond donors (Lipinski definition) is 4. The molecule has 4 N–H and O–H groups in total. The molecule has 1 saturated carbocycles. The molecule has 2 fully saturated rings. The van der Waals surface area contributed by atoms with Gasteiger partial charge in [-0.25, -0.2) is 4.79 Å². The van der Waals surface area contributed by atoms with Gasteiger partial charge in [-0.05, 0) is 42.9 Å².